The van der Waals surface area contributed by atoms with Crippen LogP contribution in [0.1, 0.15) is 71.2 Å². The molecule has 228 valence electrons. The van der Waals surface area contributed by atoms with Crippen LogP contribution in [-0.2, 0) is 11.2 Å². The number of amides is 1. The van der Waals surface area contributed by atoms with Crippen LogP contribution in [-0.4, -0.2) is 53.9 Å². The van der Waals surface area contributed by atoms with E-state index in [0.29, 0.717) is 57.7 Å². The Labute approximate surface area is 251 Å². The van der Waals surface area contributed by atoms with Gasteiger partial charge in [-0.05, 0) is 93.0 Å². The molecule has 0 aliphatic heterocycles. The summed E-state index contributed by atoms with van der Waals surface area (Å²) >= 11 is 0. The number of rotatable bonds is 16. The van der Waals surface area contributed by atoms with Crippen LogP contribution in [0.3, 0.4) is 0 Å². The Morgan fingerprint density at radius 1 is 0.767 bits per heavy atom. The number of aliphatic carboxylic acids is 1. The van der Waals surface area contributed by atoms with E-state index in [0.717, 1.165) is 36.3 Å². The summed E-state index contributed by atoms with van der Waals surface area (Å²) in [7, 11) is 0. The summed E-state index contributed by atoms with van der Waals surface area (Å²) in [4.78, 5) is 36.0. The van der Waals surface area contributed by atoms with Crippen molar-refractivity contribution in [1.82, 2.24) is 5.32 Å². The summed E-state index contributed by atoms with van der Waals surface area (Å²) < 4.78 is 17.5. The molecule has 0 bridgehead atoms. The largest absolute Gasteiger partial charge is 0.494 e. The van der Waals surface area contributed by atoms with Gasteiger partial charge in [0.15, 0.2) is 0 Å². The number of nitrogens with one attached hydrogen (secondary N) is 1. The lowest BCUT2D eigenvalue weighted by molar-refractivity contribution is -0.143. The number of carboxylic acids is 2. The van der Waals surface area contributed by atoms with Crippen molar-refractivity contribution in [3.63, 3.8) is 0 Å². The molecule has 1 amide bonds. The molecule has 0 unspecified atom stereocenters. The SMILES string of the molecule is O=C(O)c1ccc(OCCCc2ccc(OCCCCOc3ccccc3)cc2)c(C(=O)N[C@@H]2CCC[C@H](C(=O)O)C2)c1. The molecule has 0 heterocycles. The Bertz CT molecular complexity index is 1340. The van der Waals surface area contributed by atoms with Crippen LogP contribution in [0, 0.1) is 5.92 Å². The van der Waals surface area contributed by atoms with Crippen LogP contribution < -0.4 is 19.5 Å². The van der Waals surface area contributed by atoms with Crippen molar-refractivity contribution in [3.05, 3.63) is 89.5 Å². The number of aromatic carboxylic acids is 1. The number of carbonyl (C=O) groups is 3. The standard InChI is InChI=1S/C34H39NO8/c36-32(35-27-10-6-9-25(22-27)33(37)38)30-23-26(34(39)40)15-18-31(30)43-21-7-8-24-13-16-29(17-14-24)42-20-5-4-19-41-28-11-2-1-3-12-28/h1-3,11-18,23,25,27H,4-10,19-22H2,(H,35,36)(H,37,38)(H,39,40)/t25-,27+/m0/s1. The first-order valence-corrected chi connectivity index (χ1v) is 14.8. The van der Waals surface area contributed by atoms with Crippen molar-refractivity contribution in [2.45, 2.75) is 57.4 Å². The molecule has 3 aromatic carbocycles. The lowest BCUT2D eigenvalue weighted by Gasteiger charge is -2.27. The first-order valence-electron chi connectivity index (χ1n) is 14.8. The van der Waals surface area contributed by atoms with Gasteiger partial charge in [-0.25, -0.2) is 4.79 Å². The third-order valence-corrected chi connectivity index (χ3v) is 7.44. The van der Waals surface area contributed by atoms with Crippen LogP contribution in [0.15, 0.2) is 72.8 Å². The lowest BCUT2D eigenvalue weighted by atomic mass is 9.85. The van der Waals surface area contributed by atoms with Gasteiger partial charge >= 0.3 is 11.9 Å². The molecule has 0 saturated heterocycles. The molecule has 4 rings (SSSR count). The summed E-state index contributed by atoms with van der Waals surface area (Å²) in [5.41, 5.74) is 1.23. The van der Waals surface area contributed by atoms with Crippen molar-refractivity contribution >= 4 is 17.8 Å². The summed E-state index contributed by atoms with van der Waals surface area (Å²) in [5.74, 6) is -0.984. The predicted molar refractivity (Wildman–Crippen MR) is 161 cm³/mol. The minimum absolute atomic E-state index is 0.0209. The Kier molecular flexibility index (Phi) is 11.8. The first kappa shape index (κ1) is 31.4. The van der Waals surface area contributed by atoms with Gasteiger partial charge in [-0.2, -0.15) is 0 Å². The summed E-state index contributed by atoms with van der Waals surface area (Å²) in [6.07, 6.45) is 5.56. The third kappa shape index (κ3) is 10.1. The van der Waals surface area contributed by atoms with Gasteiger partial charge in [0.1, 0.15) is 17.2 Å². The number of unbranched alkanes of at least 4 members (excludes halogenated alkanes) is 1. The van der Waals surface area contributed by atoms with Crippen LogP contribution >= 0.6 is 0 Å². The Hall–Kier alpha value is -4.53. The van der Waals surface area contributed by atoms with Crippen molar-refractivity contribution in [2.75, 3.05) is 19.8 Å². The maximum Gasteiger partial charge on any atom is 0.335 e. The Balaban J connectivity index is 1.20. The molecule has 3 aromatic rings. The Morgan fingerprint density at radius 2 is 1.44 bits per heavy atom. The second-order valence-electron chi connectivity index (χ2n) is 10.7. The number of para-hydroxylation sites is 1. The van der Waals surface area contributed by atoms with E-state index in [-0.39, 0.29) is 17.2 Å². The fraction of sp³-hybridized carbons (Fsp3) is 0.382. The number of ether oxygens (including phenoxy) is 3. The zero-order valence-electron chi connectivity index (χ0n) is 24.2. The van der Waals surface area contributed by atoms with E-state index in [1.807, 2.05) is 54.6 Å². The number of aryl methyl sites for hydroxylation is 1. The minimum Gasteiger partial charge on any atom is -0.494 e. The molecule has 0 aromatic heterocycles. The van der Waals surface area contributed by atoms with E-state index in [4.69, 9.17) is 14.2 Å². The zero-order valence-corrected chi connectivity index (χ0v) is 24.2. The zero-order chi connectivity index (χ0) is 30.4. The van der Waals surface area contributed by atoms with Crippen LogP contribution in [0.5, 0.6) is 17.2 Å². The highest BCUT2D eigenvalue weighted by molar-refractivity contribution is 6.00. The van der Waals surface area contributed by atoms with Crippen LogP contribution in [0.4, 0.5) is 0 Å². The molecular formula is C34H39NO8. The quantitative estimate of drug-likeness (QED) is 0.173. The van der Waals surface area contributed by atoms with Gasteiger partial charge in [0, 0.05) is 6.04 Å². The van der Waals surface area contributed by atoms with Crippen molar-refractivity contribution < 1.29 is 38.8 Å². The van der Waals surface area contributed by atoms with Gasteiger partial charge in [-0.15, -0.1) is 0 Å². The summed E-state index contributed by atoms with van der Waals surface area (Å²) in [5, 5.41) is 21.7. The fourth-order valence-electron chi connectivity index (χ4n) is 5.09. The molecule has 0 radical (unpaired) electrons. The average molecular weight is 590 g/mol. The monoisotopic (exact) mass is 589 g/mol. The normalized spacial score (nSPS) is 16.2. The highest BCUT2D eigenvalue weighted by atomic mass is 16.5. The number of hydrogen-bond acceptors (Lipinski definition) is 6. The van der Waals surface area contributed by atoms with Gasteiger partial charge in [0.25, 0.3) is 5.91 Å². The Morgan fingerprint density at radius 3 is 2.12 bits per heavy atom. The van der Waals surface area contributed by atoms with Crippen LogP contribution in [0.25, 0.3) is 0 Å². The second kappa shape index (κ2) is 16.2. The first-order chi connectivity index (χ1) is 20.9. The lowest BCUT2D eigenvalue weighted by Crippen LogP contribution is -2.40. The minimum atomic E-state index is -1.14. The molecule has 2 atom stereocenters. The third-order valence-electron chi connectivity index (χ3n) is 7.44. The van der Waals surface area contributed by atoms with E-state index in [1.54, 1.807) is 0 Å². The summed E-state index contributed by atoms with van der Waals surface area (Å²) in [6.45, 7) is 1.60. The molecule has 3 N–H and O–H groups in total. The van der Waals surface area contributed by atoms with Gasteiger partial charge in [0.05, 0.1) is 36.9 Å². The number of benzene rings is 3. The molecule has 9 heteroatoms. The van der Waals surface area contributed by atoms with Crippen LogP contribution in [0.2, 0.25) is 0 Å². The molecule has 0 spiro atoms. The fourth-order valence-corrected chi connectivity index (χ4v) is 5.09. The molecule has 1 saturated carbocycles. The molecule has 43 heavy (non-hydrogen) atoms. The average Bonchev–Trinajstić information content (AvgIpc) is 3.02. The maximum atomic E-state index is 13.1. The van der Waals surface area contributed by atoms with E-state index in [1.165, 1.54) is 18.2 Å². The smallest absolute Gasteiger partial charge is 0.335 e. The van der Waals surface area contributed by atoms with E-state index in [9.17, 15) is 24.6 Å². The van der Waals surface area contributed by atoms with Gasteiger partial charge in [-0.3, -0.25) is 9.59 Å². The highest BCUT2D eigenvalue weighted by Crippen LogP contribution is 2.26. The molecule has 1 fully saturated rings. The van der Waals surface area contributed by atoms with E-state index < -0.39 is 23.8 Å². The highest BCUT2D eigenvalue weighted by Gasteiger charge is 2.29. The summed E-state index contributed by atoms with van der Waals surface area (Å²) in [6, 6.07) is 21.6. The van der Waals surface area contributed by atoms with Gasteiger partial charge in [-0.1, -0.05) is 36.8 Å². The topological polar surface area (TPSA) is 131 Å². The van der Waals surface area contributed by atoms with Crippen molar-refractivity contribution in [2.24, 2.45) is 5.92 Å². The molecule has 9 nitrogen and oxygen atoms in total. The van der Waals surface area contributed by atoms with E-state index in [2.05, 4.69) is 5.32 Å². The number of hydrogen-bond donors (Lipinski definition) is 3. The maximum absolute atomic E-state index is 13.1. The second-order valence-corrected chi connectivity index (χ2v) is 10.7. The van der Waals surface area contributed by atoms with Crippen molar-refractivity contribution in [3.8, 4) is 17.2 Å². The predicted octanol–water partition coefficient (Wildman–Crippen LogP) is 6.01. The van der Waals surface area contributed by atoms with Gasteiger partial charge < -0.3 is 29.7 Å². The van der Waals surface area contributed by atoms with Crippen molar-refractivity contribution in [1.29, 1.82) is 0 Å². The number of carboxylic acid groups (broad SMARTS) is 2. The molecular weight excluding hydrogens is 550 g/mol. The van der Waals surface area contributed by atoms with E-state index >= 15 is 0 Å². The van der Waals surface area contributed by atoms with Gasteiger partial charge in [0.2, 0.25) is 0 Å². The molecule has 1 aliphatic rings. The number of carbonyl (C=O) groups excluding carboxylic acids is 1. The molecule has 1 aliphatic carbocycles.